The van der Waals surface area contributed by atoms with Crippen LogP contribution in [-0.2, 0) is 6.54 Å². The van der Waals surface area contributed by atoms with Gasteiger partial charge in [0.25, 0.3) is 0 Å². The Balaban J connectivity index is 0.00000169. The summed E-state index contributed by atoms with van der Waals surface area (Å²) < 4.78 is 5.86. The number of imidazole rings is 1. The van der Waals surface area contributed by atoms with Crippen molar-refractivity contribution < 1.29 is 4.42 Å². The number of halogens is 1. The number of nitrogens with one attached hydrogen (secondary N) is 3. The first-order valence-corrected chi connectivity index (χ1v) is 7.38. The van der Waals surface area contributed by atoms with Crippen molar-refractivity contribution in [3.8, 4) is 11.3 Å². The van der Waals surface area contributed by atoms with E-state index < -0.39 is 0 Å². The molecule has 3 N–H and O–H groups in total. The Labute approximate surface area is 144 Å². The Hall–Kier alpha value is -2.92. The van der Waals surface area contributed by atoms with Gasteiger partial charge >= 0.3 is 5.69 Å². The molecule has 0 aliphatic rings. The number of benzene rings is 2. The number of anilines is 1. The first-order chi connectivity index (χ1) is 11.3. The molecule has 0 aliphatic heterocycles. The van der Waals surface area contributed by atoms with E-state index in [1.807, 2.05) is 60.7 Å². The maximum atomic E-state index is 11.3. The second-order valence-electron chi connectivity index (χ2n) is 5.33. The van der Waals surface area contributed by atoms with E-state index in [-0.39, 0.29) is 18.1 Å². The fraction of sp³-hybridized carbons (Fsp3) is 0.0556. The Morgan fingerprint density at radius 3 is 2.54 bits per heavy atom. The maximum absolute atomic E-state index is 11.3. The standard InChI is InChI=1S/C18H15N3O2.ClH/c22-18-20-15-8-6-13(10-16(15)21-18)19-11-14-7-9-17(23-14)12-4-2-1-3-5-12;/h1-10,19H,11H2,(H2,20,21,22);1H. The third-order valence-corrected chi connectivity index (χ3v) is 3.70. The van der Waals surface area contributed by atoms with Crippen LogP contribution in [0.3, 0.4) is 0 Å². The molecule has 5 nitrogen and oxygen atoms in total. The number of aromatic amines is 2. The van der Waals surface area contributed by atoms with Gasteiger partial charge in [-0.05, 0) is 30.3 Å². The zero-order valence-electron chi connectivity index (χ0n) is 12.7. The van der Waals surface area contributed by atoms with Crippen molar-refractivity contribution in [2.75, 3.05) is 5.32 Å². The number of H-pyrrole nitrogens is 2. The number of rotatable bonds is 4. The fourth-order valence-corrected chi connectivity index (χ4v) is 2.56. The van der Waals surface area contributed by atoms with Crippen LogP contribution in [0.2, 0.25) is 0 Å². The largest absolute Gasteiger partial charge is 0.459 e. The number of fused-ring (bicyclic) bond motifs is 1. The summed E-state index contributed by atoms with van der Waals surface area (Å²) in [5.41, 5.74) is 3.36. The highest BCUT2D eigenvalue weighted by Crippen LogP contribution is 2.22. The molecule has 2 heterocycles. The molecule has 0 atom stereocenters. The van der Waals surface area contributed by atoms with Crippen LogP contribution < -0.4 is 11.0 Å². The summed E-state index contributed by atoms with van der Waals surface area (Å²) >= 11 is 0. The molecule has 0 fully saturated rings. The molecular formula is C18H16ClN3O2. The summed E-state index contributed by atoms with van der Waals surface area (Å²) in [6.45, 7) is 0.576. The summed E-state index contributed by atoms with van der Waals surface area (Å²) in [4.78, 5) is 16.7. The first-order valence-electron chi connectivity index (χ1n) is 7.38. The van der Waals surface area contributed by atoms with Crippen LogP contribution in [-0.4, -0.2) is 9.97 Å². The highest BCUT2D eigenvalue weighted by atomic mass is 35.5. The van der Waals surface area contributed by atoms with Crippen LogP contribution in [0.1, 0.15) is 5.76 Å². The number of furan rings is 1. The molecule has 0 bridgehead atoms. The molecule has 4 rings (SSSR count). The van der Waals surface area contributed by atoms with Gasteiger partial charge in [-0.25, -0.2) is 4.79 Å². The van der Waals surface area contributed by atoms with Crippen molar-refractivity contribution in [1.29, 1.82) is 0 Å². The summed E-state index contributed by atoms with van der Waals surface area (Å²) in [7, 11) is 0. The summed E-state index contributed by atoms with van der Waals surface area (Å²) in [6, 6.07) is 19.6. The minimum Gasteiger partial charge on any atom is -0.459 e. The first kappa shape index (κ1) is 16.0. The molecule has 0 aliphatic carbocycles. The monoisotopic (exact) mass is 341 g/mol. The van der Waals surface area contributed by atoms with Crippen LogP contribution >= 0.6 is 12.4 Å². The van der Waals surface area contributed by atoms with Gasteiger partial charge in [-0.2, -0.15) is 0 Å². The highest BCUT2D eigenvalue weighted by Gasteiger charge is 2.05. The molecule has 6 heteroatoms. The third kappa shape index (κ3) is 3.21. The normalized spacial score (nSPS) is 10.5. The van der Waals surface area contributed by atoms with Crippen LogP contribution in [0, 0.1) is 0 Å². The van der Waals surface area contributed by atoms with E-state index in [1.165, 1.54) is 0 Å². The smallest absolute Gasteiger partial charge is 0.323 e. The van der Waals surface area contributed by atoms with Crippen molar-refractivity contribution in [2.24, 2.45) is 0 Å². The molecule has 0 radical (unpaired) electrons. The Bertz CT molecular complexity index is 1000. The van der Waals surface area contributed by atoms with Crippen molar-refractivity contribution in [3.05, 3.63) is 76.9 Å². The minimum atomic E-state index is -0.198. The van der Waals surface area contributed by atoms with Gasteiger partial charge in [0, 0.05) is 11.3 Å². The van der Waals surface area contributed by atoms with Crippen LogP contribution in [0.15, 0.2) is 69.9 Å². The molecule has 122 valence electrons. The van der Waals surface area contributed by atoms with E-state index in [0.717, 1.165) is 33.8 Å². The number of aromatic nitrogens is 2. The lowest BCUT2D eigenvalue weighted by molar-refractivity contribution is 0.531. The van der Waals surface area contributed by atoms with E-state index >= 15 is 0 Å². The molecule has 0 saturated carbocycles. The second-order valence-corrected chi connectivity index (χ2v) is 5.33. The lowest BCUT2D eigenvalue weighted by Gasteiger charge is -2.04. The van der Waals surface area contributed by atoms with Crippen LogP contribution in [0.4, 0.5) is 5.69 Å². The van der Waals surface area contributed by atoms with E-state index in [2.05, 4.69) is 15.3 Å². The minimum absolute atomic E-state index is 0. The van der Waals surface area contributed by atoms with Crippen molar-refractivity contribution in [1.82, 2.24) is 9.97 Å². The summed E-state index contributed by atoms with van der Waals surface area (Å²) in [6.07, 6.45) is 0. The highest BCUT2D eigenvalue weighted by molar-refractivity contribution is 5.85. The van der Waals surface area contributed by atoms with Crippen molar-refractivity contribution in [3.63, 3.8) is 0 Å². The average Bonchev–Trinajstić information content (AvgIpc) is 3.18. The van der Waals surface area contributed by atoms with E-state index in [1.54, 1.807) is 0 Å². The fourth-order valence-electron chi connectivity index (χ4n) is 2.56. The van der Waals surface area contributed by atoms with Gasteiger partial charge in [0.2, 0.25) is 0 Å². The Kier molecular flexibility index (Phi) is 4.44. The molecule has 0 amide bonds. The third-order valence-electron chi connectivity index (χ3n) is 3.70. The SMILES string of the molecule is Cl.O=c1[nH]c2ccc(NCc3ccc(-c4ccccc4)o3)cc2[nH]1. The Morgan fingerprint density at radius 2 is 1.71 bits per heavy atom. The lowest BCUT2D eigenvalue weighted by atomic mass is 10.2. The molecule has 2 aromatic heterocycles. The molecule has 24 heavy (non-hydrogen) atoms. The van der Waals surface area contributed by atoms with Gasteiger partial charge in [0.05, 0.1) is 17.6 Å². The van der Waals surface area contributed by atoms with E-state index in [9.17, 15) is 4.79 Å². The molecule has 2 aromatic carbocycles. The molecule has 0 unspecified atom stereocenters. The average molecular weight is 342 g/mol. The predicted octanol–water partition coefficient (Wildman–Crippen LogP) is 4.15. The number of hydrogen-bond acceptors (Lipinski definition) is 3. The second kappa shape index (κ2) is 6.68. The van der Waals surface area contributed by atoms with E-state index in [4.69, 9.17) is 4.42 Å². The predicted molar refractivity (Wildman–Crippen MR) is 97.6 cm³/mol. The van der Waals surface area contributed by atoms with Crippen LogP contribution in [0.5, 0.6) is 0 Å². The topological polar surface area (TPSA) is 73.8 Å². The zero-order valence-corrected chi connectivity index (χ0v) is 13.5. The van der Waals surface area contributed by atoms with E-state index in [0.29, 0.717) is 6.54 Å². The van der Waals surface area contributed by atoms with Crippen LogP contribution in [0.25, 0.3) is 22.4 Å². The summed E-state index contributed by atoms with van der Waals surface area (Å²) in [5, 5.41) is 3.30. The molecule has 0 saturated heterocycles. The van der Waals surface area contributed by atoms with Gasteiger partial charge in [-0.3, -0.25) is 0 Å². The summed E-state index contributed by atoms with van der Waals surface area (Å²) in [5.74, 6) is 1.71. The quantitative estimate of drug-likeness (QED) is 0.522. The van der Waals surface area contributed by atoms with Gasteiger partial charge in [-0.15, -0.1) is 12.4 Å². The van der Waals surface area contributed by atoms with Crippen molar-refractivity contribution >= 4 is 29.1 Å². The molecule has 0 spiro atoms. The van der Waals surface area contributed by atoms with Crippen molar-refractivity contribution in [2.45, 2.75) is 6.54 Å². The molecule has 4 aromatic rings. The lowest BCUT2D eigenvalue weighted by Crippen LogP contribution is -1.99. The van der Waals surface area contributed by atoms with Gasteiger partial charge in [0.15, 0.2) is 0 Å². The van der Waals surface area contributed by atoms with Gasteiger partial charge in [0.1, 0.15) is 11.5 Å². The molecular weight excluding hydrogens is 326 g/mol. The van der Waals surface area contributed by atoms with Gasteiger partial charge in [-0.1, -0.05) is 30.3 Å². The Morgan fingerprint density at radius 1 is 0.917 bits per heavy atom. The maximum Gasteiger partial charge on any atom is 0.323 e. The number of hydrogen-bond donors (Lipinski definition) is 3. The zero-order chi connectivity index (χ0) is 15.6. The van der Waals surface area contributed by atoms with Gasteiger partial charge < -0.3 is 19.7 Å².